The number of rotatable bonds is 7. The Labute approximate surface area is 180 Å². The van der Waals surface area contributed by atoms with Gasteiger partial charge in [-0.15, -0.1) is 11.3 Å². The highest BCUT2D eigenvalue weighted by molar-refractivity contribution is 7.07. The zero-order valence-electron chi connectivity index (χ0n) is 17.0. The van der Waals surface area contributed by atoms with E-state index in [2.05, 4.69) is 17.1 Å². The van der Waals surface area contributed by atoms with Gasteiger partial charge in [-0.2, -0.15) is 0 Å². The Kier molecular flexibility index (Phi) is 6.57. The fraction of sp³-hybridized carbons (Fsp3) is 0.478. The summed E-state index contributed by atoms with van der Waals surface area (Å²) in [5, 5.41) is 1.74. The van der Waals surface area contributed by atoms with E-state index >= 15 is 0 Å². The van der Waals surface area contributed by atoms with E-state index in [1.165, 1.54) is 16.9 Å². The number of likely N-dealkylation sites (tertiary alicyclic amines) is 2. The molecule has 158 valence electrons. The van der Waals surface area contributed by atoms with Crippen LogP contribution in [0.3, 0.4) is 0 Å². The molecule has 0 saturated carbocycles. The smallest absolute Gasteiger partial charge is 0.246 e. The Morgan fingerprint density at radius 2 is 1.73 bits per heavy atom. The maximum atomic E-state index is 13.3. The van der Waals surface area contributed by atoms with Crippen LogP contribution in [0.4, 0.5) is 0 Å². The average Bonchev–Trinajstić information content (AvgIpc) is 3.55. The molecule has 2 aliphatic rings. The summed E-state index contributed by atoms with van der Waals surface area (Å²) in [5.74, 6) is -0.112. The molecule has 7 heteroatoms. The Morgan fingerprint density at radius 1 is 1.00 bits per heavy atom. The first kappa shape index (κ1) is 20.7. The molecule has 0 N–H and O–H groups in total. The van der Waals surface area contributed by atoms with Crippen LogP contribution < -0.4 is 0 Å². The summed E-state index contributed by atoms with van der Waals surface area (Å²) in [4.78, 5) is 46.5. The predicted octanol–water partition coefficient (Wildman–Crippen LogP) is 3.33. The molecule has 2 aliphatic heterocycles. The summed E-state index contributed by atoms with van der Waals surface area (Å²) in [6.45, 7) is 1.20. The average molecular weight is 426 g/mol. The van der Waals surface area contributed by atoms with Gasteiger partial charge in [-0.25, -0.2) is 4.98 Å². The van der Waals surface area contributed by atoms with Gasteiger partial charge in [0, 0.05) is 24.9 Å². The summed E-state index contributed by atoms with van der Waals surface area (Å²) in [7, 11) is 0. The van der Waals surface area contributed by atoms with Crippen molar-refractivity contribution in [1.29, 1.82) is 0 Å². The van der Waals surface area contributed by atoms with Crippen molar-refractivity contribution < 1.29 is 14.4 Å². The number of benzene rings is 1. The van der Waals surface area contributed by atoms with Gasteiger partial charge in [0.05, 0.1) is 11.6 Å². The highest BCUT2D eigenvalue weighted by Crippen LogP contribution is 2.27. The van der Waals surface area contributed by atoms with Crippen LogP contribution in [0.1, 0.15) is 54.6 Å². The van der Waals surface area contributed by atoms with Gasteiger partial charge in [-0.3, -0.25) is 14.4 Å². The molecule has 0 spiro atoms. The van der Waals surface area contributed by atoms with E-state index in [-0.39, 0.29) is 17.6 Å². The van der Waals surface area contributed by atoms with E-state index < -0.39 is 12.1 Å². The fourth-order valence-corrected chi connectivity index (χ4v) is 5.09. The maximum Gasteiger partial charge on any atom is 0.246 e. The standard InChI is InChI=1S/C23H27N3O3S/c27-21(12-4-9-17-7-2-1-3-8-17)25-13-6-11-20(25)23(29)26-14-5-10-19(26)22(28)18-15-30-16-24-18/h1-3,7-8,15-16,19-20H,4-6,9-14H2/t19-,20-/m0/s1. The molecular formula is C23H27N3O3S. The molecule has 30 heavy (non-hydrogen) atoms. The lowest BCUT2D eigenvalue weighted by atomic mass is 10.1. The van der Waals surface area contributed by atoms with Crippen molar-refractivity contribution in [3.05, 3.63) is 52.5 Å². The largest absolute Gasteiger partial charge is 0.331 e. The lowest BCUT2D eigenvalue weighted by molar-refractivity contribution is -0.144. The van der Waals surface area contributed by atoms with Crippen molar-refractivity contribution in [2.24, 2.45) is 0 Å². The monoisotopic (exact) mass is 425 g/mol. The number of Topliss-reactive ketones (excluding diaryl/α,β-unsaturated/α-hetero) is 1. The molecule has 6 nitrogen and oxygen atoms in total. The number of ketones is 1. The summed E-state index contributed by atoms with van der Waals surface area (Å²) in [5.41, 5.74) is 3.30. The number of carbonyl (C=O) groups excluding carboxylic acids is 3. The Bertz CT molecular complexity index is 884. The summed E-state index contributed by atoms with van der Waals surface area (Å²) in [6.07, 6.45) is 5.06. The van der Waals surface area contributed by atoms with Crippen molar-refractivity contribution in [2.45, 2.75) is 57.0 Å². The SMILES string of the molecule is O=C(c1cscn1)[C@@H]1CCCN1C(=O)[C@@H]1CCCN1C(=O)CCCc1ccccc1. The highest BCUT2D eigenvalue weighted by atomic mass is 32.1. The van der Waals surface area contributed by atoms with E-state index in [1.54, 1.807) is 20.7 Å². The van der Waals surface area contributed by atoms with Crippen LogP contribution in [0.2, 0.25) is 0 Å². The number of nitrogens with zero attached hydrogens (tertiary/aromatic N) is 3. The van der Waals surface area contributed by atoms with Gasteiger partial charge in [0.15, 0.2) is 0 Å². The third-order valence-corrected chi connectivity index (χ3v) is 6.67. The third-order valence-electron chi connectivity index (χ3n) is 6.08. The van der Waals surface area contributed by atoms with Crippen molar-refractivity contribution in [2.75, 3.05) is 13.1 Å². The van der Waals surface area contributed by atoms with Crippen LogP contribution in [-0.2, 0) is 16.0 Å². The molecule has 4 rings (SSSR count). The molecule has 1 aromatic carbocycles. The quantitative estimate of drug-likeness (QED) is 0.638. The van der Waals surface area contributed by atoms with E-state index in [0.717, 1.165) is 25.7 Å². The van der Waals surface area contributed by atoms with Crippen molar-refractivity contribution in [3.8, 4) is 0 Å². The molecule has 2 fully saturated rings. The molecule has 2 aromatic rings. The van der Waals surface area contributed by atoms with Gasteiger partial charge in [0.2, 0.25) is 17.6 Å². The van der Waals surface area contributed by atoms with Crippen LogP contribution in [0.5, 0.6) is 0 Å². The molecule has 2 amide bonds. The molecule has 3 heterocycles. The van der Waals surface area contributed by atoms with Crippen molar-refractivity contribution in [3.63, 3.8) is 0 Å². The molecule has 2 saturated heterocycles. The molecule has 1 aromatic heterocycles. The fourth-order valence-electron chi connectivity index (χ4n) is 4.55. The van der Waals surface area contributed by atoms with Gasteiger partial charge >= 0.3 is 0 Å². The summed E-state index contributed by atoms with van der Waals surface area (Å²) in [6, 6.07) is 9.25. The van der Waals surface area contributed by atoms with Crippen LogP contribution in [0.15, 0.2) is 41.2 Å². The minimum Gasteiger partial charge on any atom is -0.331 e. The zero-order chi connectivity index (χ0) is 20.9. The number of hydrogen-bond acceptors (Lipinski definition) is 5. The predicted molar refractivity (Wildman–Crippen MR) is 115 cm³/mol. The first-order valence-electron chi connectivity index (χ1n) is 10.7. The molecule has 0 bridgehead atoms. The third kappa shape index (κ3) is 4.46. The van der Waals surface area contributed by atoms with Crippen molar-refractivity contribution >= 4 is 28.9 Å². The van der Waals surface area contributed by atoms with E-state index in [4.69, 9.17) is 0 Å². The van der Waals surface area contributed by atoms with Gasteiger partial charge in [-0.1, -0.05) is 30.3 Å². The molecule has 0 aliphatic carbocycles. The van der Waals surface area contributed by atoms with E-state index in [9.17, 15) is 14.4 Å². The van der Waals surface area contributed by atoms with Gasteiger partial charge in [0.1, 0.15) is 11.7 Å². The van der Waals surface area contributed by atoms with Crippen LogP contribution in [0.25, 0.3) is 0 Å². The number of aromatic nitrogens is 1. The van der Waals surface area contributed by atoms with Crippen LogP contribution >= 0.6 is 11.3 Å². The Morgan fingerprint density at radius 3 is 2.47 bits per heavy atom. The number of thiazole rings is 1. The molecule has 2 atom stereocenters. The second kappa shape index (κ2) is 9.51. The number of hydrogen-bond donors (Lipinski definition) is 0. The lowest BCUT2D eigenvalue weighted by Crippen LogP contribution is -2.51. The van der Waals surface area contributed by atoms with Crippen molar-refractivity contribution in [1.82, 2.24) is 14.8 Å². The summed E-state index contributed by atoms with van der Waals surface area (Å²) < 4.78 is 0. The first-order chi connectivity index (χ1) is 14.6. The Balaban J connectivity index is 1.36. The first-order valence-corrected chi connectivity index (χ1v) is 11.7. The van der Waals surface area contributed by atoms with Gasteiger partial charge in [-0.05, 0) is 44.1 Å². The van der Waals surface area contributed by atoms with E-state index in [1.807, 2.05) is 18.2 Å². The minimum absolute atomic E-state index is 0.0448. The molecular weight excluding hydrogens is 398 g/mol. The van der Waals surface area contributed by atoms with Gasteiger partial charge in [0.25, 0.3) is 0 Å². The van der Waals surface area contributed by atoms with E-state index in [0.29, 0.717) is 38.0 Å². The summed E-state index contributed by atoms with van der Waals surface area (Å²) >= 11 is 1.38. The normalized spacial score (nSPS) is 21.2. The number of carbonyl (C=O) groups is 3. The zero-order valence-corrected chi connectivity index (χ0v) is 17.9. The minimum atomic E-state index is -0.449. The Hall–Kier alpha value is -2.54. The number of amides is 2. The van der Waals surface area contributed by atoms with Crippen LogP contribution in [0, 0.1) is 0 Å². The second-order valence-electron chi connectivity index (χ2n) is 8.01. The van der Waals surface area contributed by atoms with Gasteiger partial charge < -0.3 is 9.80 Å². The molecule has 0 unspecified atom stereocenters. The van der Waals surface area contributed by atoms with Crippen LogP contribution in [-0.4, -0.2) is 57.6 Å². The lowest BCUT2D eigenvalue weighted by Gasteiger charge is -2.30. The second-order valence-corrected chi connectivity index (χ2v) is 8.73. The topological polar surface area (TPSA) is 70.6 Å². The highest BCUT2D eigenvalue weighted by Gasteiger charge is 2.42. The molecule has 0 radical (unpaired) electrons. The maximum absolute atomic E-state index is 13.3. The number of aryl methyl sites for hydroxylation is 1.